The first-order chi connectivity index (χ1) is 10.7. The number of nitrogens with zero attached hydrogens (tertiary/aromatic N) is 2. The molecule has 2 N–H and O–H groups in total. The van der Waals surface area contributed by atoms with E-state index < -0.39 is 6.10 Å². The third-order valence-corrected chi connectivity index (χ3v) is 4.37. The fourth-order valence-electron chi connectivity index (χ4n) is 2.25. The van der Waals surface area contributed by atoms with Crippen LogP contribution in [0.2, 0.25) is 0 Å². The van der Waals surface area contributed by atoms with Crippen LogP contribution in [0.15, 0.2) is 36.7 Å². The van der Waals surface area contributed by atoms with Crippen molar-refractivity contribution in [2.45, 2.75) is 13.0 Å². The number of anilines is 1. The molecule has 0 aliphatic rings. The number of aromatic nitrogens is 2. The Morgan fingerprint density at radius 1 is 1.27 bits per heavy atom. The van der Waals surface area contributed by atoms with Crippen LogP contribution in [0.3, 0.4) is 0 Å². The zero-order valence-electron chi connectivity index (χ0n) is 12.4. The van der Waals surface area contributed by atoms with Crippen molar-refractivity contribution in [3.8, 4) is 5.75 Å². The monoisotopic (exact) mass is 315 g/mol. The molecule has 0 aliphatic heterocycles. The summed E-state index contributed by atoms with van der Waals surface area (Å²) >= 11 is 1.63. The van der Waals surface area contributed by atoms with Gasteiger partial charge in [-0.15, -0.1) is 11.3 Å². The summed E-state index contributed by atoms with van der Waals surface area (Å²) in [6.07, 6.45) is 0.927. The van der Waals surface area contributed by atoms with Crippen LogP contribution in [0, 0.1) is 6.92 Å². The average molecular weight is 315 g/mol. The van der Waals surface area contributed by atoms with Gasteiger partial charge in [0, 0.05) is 11.4 Å². The Morgan fingerprint density at radius 3 is 2.77 bits per heavy atom. The predicted octanol–water partition coefficient (Wildman–Crippen LogP) is 3.15. The van der Waals surface area contributed by atoms with E-state index in [1.54, 1.807) is 24.8 Å². The molecule has 3 aromatic rings. The number of benzene rings is 1. The van der Waals surface area contributed by atoms with Crippen molar-refractivity contribution >= 4 is 27.4 Å². The number of ether oxygens (including phenoxy) is 1. The van der Waals surface area contributed by atoms with Crippen LogP contribution in [0.5, 0.6) is 5.75 Å². The molecular formula is C16H17N3O2S. The fraction of sp³-hybridized carbons (Fsp3) is 0.250. The van der Waals surface area contributed by atoms with Gasteiger partial charge in [-0.1, -0.05) is 12.1 Å². The highest BCUT2D eigenvalue weighted by Crippen LogP contribution is 2.28. The molecule has 0 spiro atoms. The van der Waals surface area contributed by atoms with Crippen LogP contribution >= 0.6 is 11.3 Å². The predicted molar refractivity (Wildman–Crippen MR) is 88.6 cm³/mol. The molecule has 3 rings (SSSR count). The number of thiophene rings is 1. The van der Waals surface area contributed by atoms with Gasteiger partial charge in [-0.2, -0.15) is 0 Å². The van der Waals surface area contributed by atoms with Gasteiger partial charge in [0.25, 0.3) is 0 Å². The van der Waals surface area contributed by atoms with Gasteiger partial charge in [0.05, 0.1) is 18.6 Å². The molecule has 1 aromatic carbocycles. The van der Waals surface area contributed by atoms with E-state index in [1.807, 2.05) is 31.2 Å². The summed E-state index contributed by atoms with van der Waals surface area (Å²) in [6.45, 7) is 2.43. The quantitative estimate of drug-likeness (QED) is 0.757. The topological polar surface area (TPSA) is 67.3 Å². The molecule has 0 radical (unpaired) electrons. The van der Waals surface area contributed by atoms with Gasteiger partial charge in [-0.25, -0.2) is 9.97 Å². The van der Waals surface area contributed by atoms with Crippen molar-refractivity contribution in [1.29, 1.82) is 0 Å². The molecule has 2 heterocycles. The second kappa shape index (κ2) is 6.29. The number of fused-ring (bicyclic) bond motifs is 1. The lowest BCUT2D eigenvalue weighted by Gasteiger charge is -2.13. The van der Waals surface area contributed by atoms with Crippen LogP contribution in [-0.2, 0) is 0 Å². The molecule has 6 heteroatoms. The average Bonchev–Trinajstić information content (AvgIpc) is 2.93. The van der Waals surface area contributed by atoms with Crippen LogP contribution < -0.4 is 10.1 Å². The molecule has 0 fully saturated rings. The summed E-state index contributed by atoms with van der Waals surface area (Å²) in [6, 6.07) is 9.44. The smallest absolute Gasteiger partial charge is 0.138 e. The highest BCUT2D eigenvalue weighted by Gasteiger charge is 2.11. The lowest BCUT2D eigenvalue weighted by Crippen LogP contribution is -2.13. The van der Waals surface area contributed by atoms with E-state index in [1.165, 1.54) is 4.88 Å². The van der Waals surface area contributed by atoms with Gasteiger partial charge in [0.2, 0.25) is 0 Å². The standard InChI is InChI=1S/C16H17N3O2S/c1-10-7-13-15(18-9-19-16(13)22-10)17-8-14(20)11-3-5-12(21-2)6-4-11/h3-7,9,14,20H,8H2,1-2H3,(H,17,18,19). The van der Waals surface area contributed by atoms with Crippen LogP contribution in [0.1, 0.15) is 16.5 Å². The highest BCUT2D eigenvalue weighted by molar-refractivity contribution is 7.18. The molecule has 114 valence electrons. The van der Waals surface area contributed by atoms with E-state index in [-0.39, 0.29) is 0 Å². The third kappa shape index (κ3) is 3.03. The third-order valence-electron chi connectivity index (χ3n) is 3.42. The highest BCUT2D eigenvalue weighted by atomic mass is 32.1. The molecular weight excluding hydrogens is 298 g/mol. The summed E-state index contributed by atoms with van der Waals surface area (Å²) in [4.78, 5) is 10.7. The van der Waals surface area contributed by atoms with Crippen LogP contribution in [-0.4, -0.2) is 28.7 Å². The molecule has 5 nitrogen and oxygen atoms in total. The Balaban J connectivity index is 1.72. The first kappa shape index (κ1) is 14.7. The van der Waals surface area contributed by atoms with Crippen LogP contribution in [0.4, 0.5) is 5.82 Å². The van der Waals surface area contributed by atoms with E-state index >= 15 is 0 Å². The maximum absolute atomic E-state index is 10.3. The van der Waals surface area contributed by atoms with Crippen molar-refractivity contribution in [3.05, 3.63) is 47.1 Å². The number of nitrogens with one attached hydrogen (secondary N) is 1. The van der Waals surface area contributed by atoms with Gasteiger partial charge in [0.1, 0.15) is 22.7 Å². The van der Waals surface area contributed by atoms with E-state index in [4.69, 9.17) is 4.74 Å². The summed E-state index contributed by atoms with van der Waals surface area (Å²) in [5, 5.41) is 14.5. The molecule has 0 saturated heterocycles. The molecule has 1 unspecified atom stereocenters. The summed E-state index contributed by atoms with van der Waals surface area (Å²) in [7, 11) is 1.62. The van der Waals surface area contributed by atoms with Crippen LogP contribution in [0.25, 0.3) is 10.2 Å². The number of rotatable bonds is 5. The van der Waals surface area contributed by atoms with E-state index in [0.29, 0.717) is 6.54 Å². The molecule has 0 saturated carbocycles. The van der Waals surface area contributed by atoms with Gasteiger partial charge >= 0.3 is 0 Å². The lowest BCUT2D eigenvalue weighted by atomic mass is 10.1. The first-order valence-electron chi connectivity index (χ1n) is 6.94. The Hall–Kier alpha value is -2.18. The molecule has 22 heavy (non-hydrogen) atoms. The zero-order valence-corrected chi connectivity index (χ0v) is 13.2. The number of methoxy groups -OCH3 is 1. The number of aliphatic hydroxyl groups excluding tert-OH is 1. The van der Waals surface area contributed by atoms with E-state index in [2.05, 4.69) is 21.4 Å². The van der Waals surface area contributed by atoms with E-state index in [9.17, 15) is 5.11 Å². The van der Waals surface area contributed by atoms with Gasteiger partial charge in [-0.05, 0) is 30.7 Å². The molecule has 2 aromatic heterocycles. The van der Waals surface area contributed by atoms with Gasteiger partial charge < -0.3 is 15.2 Å². The second-order valence-electron chi connectivity index (χ2n) is 4.97. The maximum atomic E-state index is 10.3. The SMILES string of the molecule is COc1ccc(C(O)CNc2ncnc3sc(C)cc23)cc1. The Morgan fingerprint density at radius 2 is 2.05 bits per heavy atom. The summed E-state index contributed by atoms with van der Waals surface area (Å²) in [5.41, 5.74) is 0.833. The first-order valence-corrected chi connectivity index (χ1v) is 7.76. The molecule has 0 aliphatic carbocycles. The number of hydrogen-bond donors (Lipinski definition) is 2. The summed E-state index contributed by atoms with van der Waals surface area (Å²) < 4.78 is 5.12. The minimum absolute atomic E-state index is 0.382. The minimum Gasteiger partial charge on any atom is -0.497 e. The van der Waals surface area contributed by atoms with Crippen molar-refractivity contribution in [2.75, 3.05) is 19.0 Å². The Bertz CT molecular complexity index is 771. The van der Waals surface area contributed by atoms with Crippen molar-refractivity contribution in [1.82, 2.24) is 9.97 Å². The molecule has 0 bridgehead atoms. The van der Waals surface area contributed by atoms with Gasteiger partial charge in [-0.3, -0.25) is 0 Å². The van der Waals surface area contributed by atoms with Crippen molar-refractivity contribution < 1.29 is 9.84 Å². The zero-order chi connectivity index (χ0) is 15.5. The molecule has 0 amide bonds. The maximum Gasteiger partial charge on any atom is 0.138 e. The fourth-order valence-corrected chi connectivity index (χ4v) is 3.10. The van der Waals surface area contributed by atoms with Crippen molar-refractivity contribution in [3.63, 3.8) is 0 Å². The Kier molecular flexibility index (Phi) is 4.22. The number of hydrogen-bond acceptors (Lipinski definition) is 6. The minimum atomic E-state index is -0.615. The van der Waals surface area contributed by atoms with Gasteiger partial charge in [0.15, 0.2) is 0 Å². The lowest BCUT2D eigenvalue weighted by molar-refractivity contribution is 0.191. The van der Waals surface area contributed by atoms with E-state index in [0.717, 1.165) is 27.3 Å². The summed E-state index contributed by atoms with van der Waals surface area (Å²) in [5.74, 6) is 1.53. The largest absolute Gasteiger partial charge is 0.497 e. The second-order valence-corrected chi connectivity index (χ2v) is 6.20. The Labute approximate surface area is 132 Å². The molecule has 1 atom stereocenters. The number of aliphatic hydroxyl groups is 1. The number of aryl methyl sites for hydroxylation is 1. The van der Waals surface area contributed by atoms with Crippen molar-refractivity contribution in [2.24, 2.45) is 0 Å². The normalized spacial score (nSPS) is 12.3.